The second-order valence-corrected chi connectivity index (χ2v) is 11.3. The van der Waals surface area contributed by atoms with E-state index in [-0.39, 0.29) is 0 Å². The lowest BCUT2D eigenvalue weighted by Crippen LogP contribution is -2.11. The summed E-state index contributed by atoms with van der Waals surface area (Å²) < 4.78 is 13.2. The number of hydrogen-bond acceptors (Lipinski definition) is 3. The fourth-order valence-corrected chi connectivity index (χ4v) is 6.64. The van der Waals surface area contributed by atoms with E-state index in [9.17, 15) is 0 Å². The van der Waals surface area contributed by atoms with Gasteiger partial charge < -0.3 is 13.7 Å². The Morgan fingerprint density at radius 1 is 0.378 bits per heavy atom. The Balaban J connectivity index is 1.37. The van der Waals surface area contributed by atoms with E-state index in [1.165, 1.54) is 0 Å². The molecule has 0 aliphatic carbocycles. The zero-order chi connectivity index (χ0) is 29.7. The molecule has 3 heteroatoms. The largest absolute Gasteiger partial charge is 0.456 e. The molecule has 2 heterocycles. The van der Waals surface area contributed by atoms with Crippen molar-refractivity contribution in [1.82, 2.24) is 0 Å². The average molecular weight is 578 g/mol. The minimum absolute atomic E-state index is 0.838. The van der Waals surface area contributed by atoms with Gasteiger partial charge in [-0.3, -0.25) is 0 Å². The van der Waals surface area contributed by atoms with Crippen LogP contribution in [0.1, 0.15) is 0 Å². The molecule has 0 aliphatic heterocycles. The van der Waals surface area contributed by atoms with Crippen LogP contribution < -0.4 is 4.90 Å². The summed E-state index contributed by atoms with van der Waals surface area (Å²) in [5, 5.41) is 4.40. The van der Waals surface area contributed by atoms with Crippen LogP contribution in [0.25, 0.3) is 66.1 Å². The highest BCUT2D eigenvalue weighted by atomic mass is 16.3. The number of fused-ring (bicyclic) bond motifs is 6. The highest BCUT2D eigenvalue weighted by Gasteiger charge is 2.24. The number of furan rings is 2. The SMILES string of the molecule is c1ccc(-c2ccccc2N(c2ccc3c(c2)oc2ccccc23)c2ccc(-c3ccccc3)c3c2oc2ccccc23)cc1. The van der Waals surface area contributed by atoms with Gasteiger partial charge in [-0.15, -0.1) is 0 Å². The quantitative estimate of drug-likeness (QED) is 0.204. The molecule has 212 valence electrons. The van der Waals surface area contributed by atoms with Crippen LogP contribution >= 0.6 is 0 Å². The summed E-state index contributed by atoms with van der Waals surface area (Å²) in [5.74, 6) is 0. The first-order chi connectivity index (χ1) is 22.3. The van der Waals surface area contributed by atoms with Crippen LogP contribution in [0, 0.1) is 0 Å². The summed E-state index contributed by atoms with van der Waals surface area (Å²) in [6.07, 6.45) is 0. The van der Waals surface area contributed by atoms with Crippen molar-refractivity contribution < 1.29 is 8.83 Å². The Bertz CT molecular complexity index is 2490. The van der Waals surface area contributed by atoms with Crippen molar-refractivity contribution in [2.24, 2.45) is 0 Å². The average Bonchev–Trinajstić information content (AvgIpc) is 3.68. The van der Waals surface area contributed by atoms with E-state index < -0.39 is 0 Å². The van der Waals surface area contributed by atoms with Crippen LogP contribution in [0.2, 0.25) is 0 Å². The summed E-state index contributed by atoms with van der Waals surface area (Å²) in [6, 6.07) is 57.1. The lowest BCUT2D eigenvalue weighted by Gasteiger charge is -2.28. The van der Waals surface area contributed by atoms with Crippen molar-refractivity contribution in [2.75, 3.05) is 4.90 Å². The number of rotatable bonds is 5. The Labute approximate surface area is 260 Å². The van der Waals surface area contributed by atoms with Gasteiger partial charge in [0.05, 0.1) is 17.1 Å². The molecule has 0 bridgehead atoms. The van der Waals surface area contributed by atoms with Gasteiger partial charge in [0.25, 0.3) is 0 Å². The number of hydrogen-bond donors (Lipinski definition) is 0. The first kappa shape index (κ1) is 25.4. The fourth-order valence-electron chi connectivity index (χ4n) is 6.64. The Kier molecular flexibility index (Phi) is 5.82. The van der Waals surface area contributed by atoms with Gasteiger partial charge in [0, 0.05) is 33.2 Å². The molecule has 0 fully saturated rings. The lowest BCUT2D eigenvalue weighted by atomic mass is 9.97. The van der Waals surface area contributed by atoms with Crippen molar-refractivity contribution in [3.05, 3.63) is 164 Å². The molecule has 0 atom stereocenters. The molecule has 45 heavy (non-hydrogen) atoms. The van der Waals surface area contributed by atoms with Crippen molar-refractivity contribution in [1.29, 1.82) is 0 Å². The first-order valence-electron chi connectivity index (χ1n) is 15.2. The van der Waals surface area contributed by atoms with Crippen molar-refractivity contribution >= 4 is 60.9 Å². The van der Waals surface area contributed by atoms with Gasteiger partial charge in [0.1, 0.15) is 16.7 Å². The normalized spacial score (nSPS) is 11.6. The van der Waals surface area contributed by atoms with Crippen LogP contribution in [0.15, 0.2) is 173 Å². The third-order valence-corrected chi connectivity index (χ3v) is 8.68. The van der Waals surface area contributed by atoms with Crippen LogP contribution in [0.3, 0.4) is 0 Å². The van der Waals surface area contributed by atoms with Crippen molar-refractivity contribution in [2.45, 2.75) is 0 Å². The second kappa shape index (κ2) is 10.3. The van der Waals surface area contributed by atoms with Crippen molar-refractivity contribution in [3.63, 3.8) is 0 Å². The van der Waals surface area contributed by atoms with E-state index in [2.05, 4.69) is 150 Å². The van der Waals surface area contributed by atoms with Crippen LogP contribution in [0.5, 0.6) is 0 Å². The second-order valence-electron chi connectivity index (χ2n) is 11.3. The molecular weight excluding hydrogens is 550 g/mol. The Hall–Kier alpha value is -6.06. The number of anilines is 3. The molecule has 2 aromatic heterocycles. The molecule has 7 aromatic carbocycles. The summed E-state index contributed by atoms with van der Waals surface area (Å²) in [5.41, 5.74) is 11.0. The third-order valence-electron chi connectivity index (χ3n) is 8.68. The highest BCUT2D eigenvalue weighted by Crippen LogP contribution is 2.48. The third kappa shape index (κ3) is 4.13. The van der Waals surface area contributed by atoms with Gasteiger partial charge >= 0.3 is 0 Å². The molecule has 0 saturated heterocycles. The fraction of sp³-hybridized carbons (Fsp3) is 0. The van der Waals surface area contributed by atoms with E-state index in [0.717, 1.165) is 83.2 Å². The molecule has 0 saturated carbocycles. The minimum Gasteiger partial charge on any atom is -0.456 e. The number of para-hydroxylation sites is 3. The van der Waals surface area contributed by atoms with Gasteiger partial charge in [-0.2, -0.15) is 0 Å². The standard InChI is InChI=1S/C42H27NO2/c1-3-13-28(14-4-1)31-17-7-10-20-36(31)43(30-23-24-34-33-18-8-11-21-38(33)44-40(34)27-30)37-26-25-32(29-15-5-2-6-16-29)41-35-19-9-12-22-39(35)45-42(37)41/h1-27H. The summed E-state index contributed by atoms with van der Waals surface area (Å²) in [4.78, 5) is 2.31. The van der Waals surface area contributed by atoms with E-state index in [4.69, 9.17) is 8.83 Å². The molecule has 9 aromatic rings. The van der Waals surface area contributed by atoms with Gasteiger partial charge in [-0.05, 0) is 53.1 Å². The van der Waals surface area contributed by atoms with Gasteiger partial charge in [-0.25, -0.2) is 0 Å². The minimum atomic E-state index is 0.838. The van der Waals surface area contributed by atoms with E-state index in [1.807, 2.05) is 18.2 Å². The zero-order valence-corrected chi connectivity index (χ0v) is 24.4. The predicted octanol–water partition coefficient (Wildman–Crippen LogP) is 12.3. The Morgan fingerprint density at radius 3 is 1.76 bits per heavy atom. The molecule has 0 aliphatic rings. The Morgan fingerprint density at radius 2 is 0.978 bits per heavy atom. The van der Waals surface area contributed by atoms with E-state index in [1.54, 1.807) is 0 Å². The van der Waals surface area contributed by atoms with Crippen LogP contribution in [-0.2, 0) is 0 Å². The number of benzene rings is 7. The summed E-state index contributed by atoms with van der Waals surface area (Å²) >= 11 is 0. The molecule has 0 spiro atoms. The predicted molar refractivity (Wildman–Crippen MR) is 187 cm³/mol. The smallest absolute Gasteiger partial charge is 0.160 e. The topological polar surface area (TPSA) is 29.5 Å². The number of nitrogens with zero attached hydrogens (tertiary/aromatic N) is 1. The molecule has 0 amide bonds. The summed E-state index contributed by atoms with van der Waals surface area (Å²) in [6.45, 7) is 0. The van der Waals surface area contributed by atoms with Gasteiger partial charge in [0.15, 0.2) is 5.58 Å². The van der Waals surface area contributed by atoms with Crippen molar-refractivity contribution in [3.8, 4) is 22.3 Å². The lowest BCUT2D eigenvalue weighted by molar-refractivity contribution is 0.667. The maximum atomic E-state index is 6.79. The maximum Gasteiger partial charge on any atom is 0.160 e. The zero-order valence-electron chi connectivity index (χ0n) is 24.4. The molecule has 0 radical (unpaired) electrons. The summed E-state index contributed by atoms with van der Waals surface area (Å²) in [7, 11) is 0. The van der Waals surface area contributed by atoms with Crippen LogP contribution in [0.4, 0.5) is 17.1 Å². The van der Waals surface area contributed by atoms with Gasteiger partial charge in [0.2, 0.25) is 0 Å². The monoisotopic (exact) mass is 577 g/mol. The highest BCUT2D eigenvalue weighted by molar-refractivity contribution is 6.17. The molecule has 3 nitrogen and oxygen atoms in total. The van der Waals surface area contributed by atoms with Gasteiger partial charge in [-0.1, -0.05) is 121 Å². The molecule has 0 N–H and O–H groups in total. The first-order valence-corrected chi connectivity index (χ1v) is 15.2. The molecule has 0 unspecified atom stereocenters. The van der Waals surface area contributed by atoms with E-state index in [0.29, 0.717) is 0 Å². The maximum absolute atomic E-state index is 6.79. The van der Waals surface area contributed by atoms with E-state index >= 15 is 0 Å². The molecular formula is C42H27NO2. The van der Waals surface area contributed by atoms with Crippen LogP contribution in [-0.4, -0.2) is 0 Å². The molecule has 9 rings (SSSR count).